The van der Waals surface area contributed by atoms with E-state index >= 15 is 0 Å². The first-order chi connectivity index (χ1) is 10.1. The topological polar surface area (TPSA) is 129 Å². The average Bonchev–Trinajstić information content (AvgIpc) is 3.02. The highest BCUT2D eigenvalue weighted by atomic mass is 16.5. The Hall–Kier alpha value is -1.97. The summed E-state index contributed by atoms with van der Waals surface area (Å²) in [5.74, 6) is 0.202. The Morgan fingerprint density at radius 2 is 2.33 bits per heavy atom. The number of nitrogens with two attached hydrogens (primary N) is 1. The van der Waals surface area contributed by atoms with Crippen LogP contribution >= 0.6 is 0 Å². The first-order valence-corrected chi connectivity index (χ1v) is 6.71. The minimum atomic E-state index is -0.758. The largest absolute Gasteiger partial charge is 0.464 e. The third-order valence-corrected chi connectivity index (χ3v) is 3.34. The van der Waals surface area contributed by atoms with Crippen molar-refractivity contribution in [1.82, 2.24) is 19.5 Å². The van der Waals surface area contributed by atoms with Crippen molar-refractivity contribution in [2.45, 2.75) is 31.8 Å². The van der Waals surface area contributed by atoms with Crippen LogP contribution in [0.15, 0.2) is 6.33 Å². The van der Waals surface area contributed by atoms with E-state index in [1.165, 1.54) is 6.33 Å². The number of ether oxygens (including phenoxy) is 2. The van der Waals surface area contributed by atoms with Crippen LogP contribution in [0.1, 0.15) is 19.6 Å². The van der Waals surface area contributed by atoms with Crippen molar-refractivity contribution in [3.8, 4) is 6.01 Å². The summed E-state index contributed by atoms with van der Waals surface area (Å²) >= 11 is 0. The number of nitrogen functional groups attached to an aromatic ring is 1. The van der Waals surface area contributed by atoms with Gasteiger partial charge < -0.3 is 25.4 Å². The second-order valence-corrected chi connectivity index (χ2v) is 4.78. The molecule has 0 amide bonds. The number of nitrogens with zero attached hydrogens (tertiary/aromatic N) is 4. The summed E-state index contributed by atoms with van der Waals surface area (Å²) in [6.45, 7) is 2.08. The fraction of sp³-hybridized carbons (Fsp3) is 0.583. The van der Waals surface area contributed by atoms with Gasteiger partial charge in [0.2, 0.25) is 0 Å². The molecule has 1 aliphatic rings. The number of fused-ring (bicyclic) bond motifs is 1. The second-order valence-electron chi connectivity index (χ2n) is 4.78. The van der Waals surface area contributed by atoms with Gasteiger partial charge in [-0.05, 0) is 6.92 Å². The van der Waals surface area contributed by atoms with Gasteiger partial charge in [-0.3, -0.25) is 4.57 Å². The summed E-state index contributed by atoms with van der Waals surface area (Å²) in [6.07, 6.45) is -0.00563. The van der Waals surface area contributed by atoms with Crippen molar-refractivity contribution in [3.05, 3.63) is 6.33 Å². The molecule has 3 rings (SSSR count). The normalized spacial score (nSPS) is 25.6. The summed E-state index contributed by atoms with van der Waals surface area (Å²) in [4.78, 5) is 12.4. The Kier molecular flexibility index (Phi) is 3.62. The number of anilines is 1. The molecule has 0 saturated carbocycles. The zero-order valence-electron chi connectivity index (χ0n) is 11.5. The standard InChI is InChI=1S/C12H17N5O4/c1-2-20-12-15-9(13)8-10(16-12)17(5-14-8)11-7(19)3-6(4-18)21-11/h5-7,11,18-19H,2-4H2,1H3,(H2,13,15,16)/t6-,7+,11+/m0/s1. The van der Waals surface area contributed by atoms with Crippen LogP contribution in [0.3, 0.4) is 0 Å². The fourth-order valence-corrected chi connectivity index (χ4v) is 2.40. The molecule has 4 N–H and O–H groups in total. The van der Waals surface area contributed by atoms with Crippen molar-refractivity contribution < 1.29 is 19.7 Å². The van der Waals surface area contributed by atoms with Gasteiger partial charge in [-0.25, -0.2) is 4.98 Å². The summed E-state index contributed by atoms with van der Waals surface area (Å²) in [5.41, 5.74) is 6.68. The molecule has 1 aliphatic heterocycles. The minimum absolute atomic E-state index is 0.149. The molecule has 9 heteroatoms. The lowest BCUT2D eigenvalue weighted by molar-refractivity contribution is -0.0487. The third-order valence-electron chi connectivity index (χ3n) is 3.34. The Morgan fingerprint density at radius 3 is 3.00 bits per heavy atom. The van der Waals surface area contributed by atoms with Gasteiger partial charge >= 0.3 is 6.01 Å². The molecule has 1 fully saturated rings. The predicted molar refractivity (Wildman–Crippen MR) is 72.5 cm³/mol. The molecule has 9 nitrogen and oxygen atoms in total. The number of hydrogen-bond acceptors (Lipinski definition) is 8. The molecule has 0 bridgehead atoms. The Balaban J connectivity index is 2.03. The second kappa shape index (κ2) is 5.43. The number of rotatable bonds is 4. The van der Waals surface area contributed by atoms with E-state index in [1.807, 2.05) is 6.92 Å². The van der Waals surface area contributed by atoms with Crippen molar-refractivity contribution in [3.63, 3.8) is 0 Å². The van der Waals surface area contributed by atoms with Crippen LogP contribution in [0.5, 0.6) is 6.01 Å². The first-order valence-electron chi connectivity index (χ1n) is 6.71. The molecule has 0 radical (unpaired) electrons. The summed E-state index contributed by atoms with van der Waals surface area (Å²) < 4.78 is 12.4. The van der Waals surface area contributed by atoms with E-state index in [0.717, 1.165) is 0 Å². The smallest absolute Gasteiger partial charge is 0.320 e. The molecular weight excluding hydrogens is 278 g/mol. The van der Waals surface area contributed by atoms with Gasteiger partial charge in [0.1, 0.15) is 6.10 Å². The van der Waals surface area contributed by atoms with Crippen molar-refractivity contribution in [1.29, 1.82) is 0 Å². The fourth-order valence-electron chi connectivity index (χ4n) is 2.40. The van der Waals surface area contributed by atoms with E-state index in [0.29, 0.717) is 24.2 Å². The van der Waals surface area contributed by atoms with E-state index in [9.17, 15) is 5.11 Å². The predicted octanol–water partition coefficient (Wildman–Crippen LogP) is -0.552. The quantitative estimate of drug-likeness (QED) is 0.685. The summed E-state index contributed by atoms with van der Waals surface area (Å²) in [7, 11) is 0. The molecule has 3 heterocycles. The minimum Gasteiger partial charge on any atom is -0.464 e. The van der Waals surface area contributed by atoms with Gasteiger partial charge in [0.25, 0.3) is 0 Å². The van der Waals surface area contributed by atoms with Crippen LogP contribution in [0.25, 0.3) is 11.2 Å². The first kappa shape index (κ1) is 14.0. The molecular formula is C12H17N5O4. The molecule has 3 atom stereocenters. The molecule has 2 aromatic rings. The Labute approximate surface area is 120 Å². The monoisotopic (exact) mass is 295 g/mol. The van der Waals surface area contributed by atoms with E-state index in [-0.39, 0.29) is 18.4 Å². The summed E-state index contributed by atoms with van der Waals surface area (Å²) in [6, 6.07) is 0.149. The van der Waals surface area contributed by atoms with E-state index in [2.05, 4.69) is 15.0 Å². The maximum Gasteiger partial charge on any atom is 0.320 e. The number of aromatic nitrogens is 4. The van der Waals surface area contributed by atoms with Gasteiger partial charge in [-0.2, -0.15) is 9.97 Å². The van der Waals surface area contributed by atoms with Gasteiger partial charge in [-0.1, -0.05) is 0 Å². The third kappa shape index (κ3) is 2.39. The van der Waals surface area contributed by atoms with Crippen molar-refractivity contribution >= 4 is 17.0 Å². The van der Waals surface area contributed by atoms with Crippen LogP contribution < -0.4 is 10.5 Å². The number of imidazole rings is 1. The zero-order valence-corrected chi connectivity index (χ0v) is 11.5. The lowest BCUT2D eigenvalue weighted by Crippen LogP contribution is -2.19. The maximum atomic E-state index is 10.1. The number of aliphatic hydroxyl groups is 2. The molecule has 0 unspecified atom stereocenters. The Morgan fingerprint density at radius 1 is 1.52 bits per heavy atom. The van der Waals surface area contributed by atoms with Gasteiger partial charge in [0.05, 0.1) is 25.6 Å². The van der Waals surface area contributed by atoms with Gasteiger partial charge in [0.15, 0.2) is 23.2 Å². The average molecular weight is 295 g/mol. The highest BCUT2D eigenvalue weighted by molar-refractivity contribution is 5.82. The van der Waals surface area contributed by atoms with E-state index < -0.39 is 18.4 Å². The highest BCUT2D eigenvalue weighted by Gasteiger charge is 2.36. The molecule has 114 valence electrons. The molecule has 0 aliphatic carbocycles. The van der Waals surface area contributed by atoms with E-state index in [4.69, 9.17) is 20.3 Å². The van der Waals surface area contributed by atoms with E-state index in [1.54, 1.807) is 4.57 Å². The SMILES string of the molecule is CCOc1nc(N)c2ncn([C@@H]3O[C@H](CO)C[C@H]3O)c2n1. The van der Waals surface area contributed by atoms with Crippen LogP contribution in [0.4, 0.5) is 5.82 Å². The zero-order chi connectivity index (χ0) is 15.0. The van der Waals surface area contributed by atoms with Gasteiger partial charge in [0, 0.05) is 6.42 Å². The van der Waals surface area contributed by atoms with Crippen LogP contribution in [-0.4, -0.2) is 55.2 Å². The Bertz CT molecular complexity index is 646. The van der Waals surface area contributed by atoms with Gasteiger partial charge in [-0.15, -0.1) is 0 Å². The maximum absolute atomic E-state index is 10.1. The number of hydrogen-bond donors (Lipinski definition) is 3. The highest BCUT2D eigenvalue weighted by Crippen LogP contribution is 2.31. The summed E-state index contributed by atoms with van der Waals surface area (Å²) in [5, 5.41) is 19.2. The van der Waals surface area contributed by atoms with Crippen LogP contribution in [-0.2, 0) is 4.74 Å². The molecule has 1 saturated heterocycles. The lowest BCUT2D eigenvalue weighted by Gasteiger charge is -2.16. The van der Waals surface area contributed by atoms with Crippen LogP contribution in [0, 0.1) is 0 Å². The van der Waals surface area contributed by atoms with Crippen molar-refractivity contribution in [2.75, 3.05) is 18.9 Å². The van der Waals surface area contributed by atoms with Crippen LogP contribution in [0.2, 0.25) is 0 Å². The van der Waals surface area contributed by atoms with Crippen molar-refractivity contribution in [2.24, 2.45) is 0 Å². The molecule has 2 aromatic heterocycles. The molecule has 21 heavy (non-hydrogen) atoms. The molecule has 0 aromatic carbocycles. The number of aliphatic hydroxyl groups excluding tert-OH is 2. The molecule has 0 spiro atoms. The lowest BCUT2D eigenvalue weighted by atomic mass is 10.2.